The van der Waals surface area contributed by atoms with Crippen molar-refractivity contribution in [3.8, 4) is 0 Å². The Bertz CT molecular complexity index is 365. The van der Waals surface area contributed by atoms with Gasteiger partial charge in [0.2, 0.25) is 0 Å². The maximum absolute atomic E-state index is 10.4. The molecule has 0 unspecified atom stereocenters. The summed E-state index contributed by atoms with van der Waals surface area (Å²) in [5, 5.41) is 13.5. The molecule has 1 rings (SSSR count). The lowest BCUT2D eigenvalue weighted by atomic mass is 10.3. The van der Waals surface area contributed by atoms with Crippen molar-refractivity contribution >= 4 is 11.5 Å². The lowest BCUT2D eigenvalue weighted by Crippen LogP contribution is -2.07. The zero-order valence-corrected chi connectivity index (χ0v) is 10.8. The highest BCUT2D eigenvalue weighted by Crippen LogP contribution is 2.11. The molecule has 0 saturated heterocycles. The van der Waals surface area contributed by atoms with E-state index in [0.717, 1.165) is 26.0 Å². The second kappa shape index (κ2) is 7.60. The fourth-order valence-corrected chi connectivity index (χ4v) is 1.36. The molecule has 0 aliphatic heterocycles. The van der Waals surface area contributed by atoms with Crippen LogP contribution in [0.2, 0.25) is 0 Å². The Balaban J connectivity index is 2.17. The Hall–Kier alpha value is -1.69. The van der Waals surface area contributed by atoms with Crippen molar-refractivity contribution in [1.29, 1.82) is 0 Å². The summed E-state index contributed by atoms with van der Waals surface area (Å²) >= 11 is 0. The number of ether oxygens (including phenoxy) is 1. The smallest absolute Gasteiger partial charge is 0.287 e. The molecule has 0 saturated carbocycles. The first-order chi connectivity index (χ1) is 8.59. The second-order valence-corrected chi connectivity index (χ2v) is 4.21. The van der Waals surface area contributed by atoms with Gasteiger partial charge >= 0.3 is 0 Å². The third-order valence-electron chi connectivity index (χ3n) is 2.29. The van der Waals surface area contributed by atoms with Gasteiger partial charge in [0, 0.05) is 19.2 Å². The molecule has 6 heteroatoms. The largest absolute Gasteiger partial charge is 0.379 e. The first-order valence-corrected chi connectivity index (χ1v) is 6.05. The molecule has 1 aromatic rings. The zero-order chi connectivity index (χ0) is 13.4. The maximum Gasteiger partial charge on any atom is 0.287 e. The van der Waals surface area contributed by atoms with Gasteiger partial charge in [-0.05, 0) is 32.8 Å². The summed E-state index contributed by atoms with van der Waals surface area (Å²) in [4.78, 5) is 13.9. The number of pyridine rings is 1. The minimum Gasteiger partial charge on any atom is -0.379 e. The van der Waals surface area contributed by atoms with Gasteiger partial charge in [-0.3, -0.25) is 10.1 Å². The Kier molecular flexibility index (Phi) is 6.07. The summed E-state index contributed by atoms with van der Waals surface area (Å²) in [5.41, 5.74) is 0.00545. The van der Waals surface area contributed by atoms with Gasteiger partial charge in [0.15, 0.2) is 0 Å². The van der Waals surface area contributed by atoms with Crippen LogP contribution in [0.1, 0.15) is 26.7 Å². The summed E-state index contributed by atoms with van der Waals surface area (Å²) < 4.78 is 5.42. The minimum atomic E-state index is -0.458. The van der Waals surface area contributed by atoms with Gasteiger partial charge in [-0.1, -0.05) is 0 Å². The highest BCUT2D eigenvalue weighted by Gasteiger charge is 2.04. The normalized spacial score (nSPS) is 10.6. The number of rotatable bonds is 8. The summed E-state index contributed by atoms with van der Waals surface area (Å²) in [7, 11) is 0. The van der Waals surface area contributed by atoms with Gasteiger partial charge in [-0.25, -0.2) is 4.98 Å². The molecule has 1 N–H and O–H groups in total. The van der Waals surface area contributed by atoms with E-state index in [4.69, 9.17) is 4.74 Å². The van der Waals surface area contributed by atoms with Gasteiger partial charge < -0.3 is 10.1 Å². The summed E-state index contributed by atoms with van der Waals surface area (Å²) in [6.07, 6.45) is 3.49. The topological polar surface area (TPSA) is 77.3 Å². The molecule has 6 nitrogen and oxygen atoms in total. The Morgan fingerprint density at radius 1 is 1.44 bits per heavy atom. The summed E-state index contributed by atoms with van der Waals surface area (Å²) in [5.74, 6) is 0.658. The van der Waals surface area contributed by atoms with E-state index in [1.54, 1.807) is 6.07 Å². The molecular weight excluding hydrogens is 234 g/mol. The van der Waals surface area contributed by atoms with Crippen LogP contribution < -0.4 is 5.32 Å². The number of unbranched alkanes of at least 4 members (excludes halogenated alkanes) is 1. The third-order valence-corrected chi connectivity index (χ3v) is 2.29. The summed E-state index contributed by atoms with van der Waals surface area (Å²) in [6, 6.07) is 3.06. The molecule has 1 aromatic heterocycles. The van der Waals surface area contributed by atoms with Crippen LogP contribution in [-0.4, -0.2) is 29.2 Å². The van der Waals surface area contributed by atoms with Crippen LogP contribution in [0.15, 0.2) is 18.3 Å². The first-order valence-electron chi connectivity index (χ1n) is 6.05. The molecule has 100 valence electrons. The summed E-state index contributed by atoms with van der Waals surface area (Å²) in [6.45, 7) is 5.57. The number of nitrogens with zero attached hydrogens (tertiary/aromatic N) is 2. The number of anilines is 1. The van der Waals surface area contributed by atoms with Crippen molar-refractivity contribution in [2.45, 2.75) is 32.8 Å². The average Bonchev–Trinajstić information content (AvgIpc) is 2.34. The number of hydrogen-bond donors (Lipinski definition) is 1. The van der Waals surface area contributed by atoms with E-state index < -0.39 is 4.92 Å². The van der Waals surface area contributed by atoms with Gasteiger partial charge in [0.25, 0.3) is 5.69 Å². The molecule has 0 fully saturated rings. The molecule has 0 atom stereocenters. The van der Waals surface area contributed by atoms with Crippen molar-refractivity contribution in [1.82, 2.24) is 4.98 Å². The van der Waals surface area contributed by atoms with Gasteiger partial charge in [0.05, 0.1) is 11.0 Å². The second-order valence-electron chi connectivity index (χ2n) is 4.21. The SMILES string of the molecule is CC(C)OCCCCNc1ccc([N+](=O)[O-])cn1. The van der Waals surface area contributed by atoms with Crippen molar-refractivity contribution in [2.75, 3.05) is 18.5 Å². The van der Waals surface area contributed by atoms with Crippen molar-refractivity contribution in [3.63, 3.8) is 0 Å². The van der Waals surface area contributed by atoms with Crippen LogP contribution in [0.4, 0.5) is 11.5 Å². The van der Waals surface area contributed by atoms with Crippen LogP contribution in [0, 0.1) is 10.1 Å². The van der Waals surface area contributed by atoms with Crippen molar-refractivity contribution < 1.29 is 9.66 Å². The molecular formula is C12H19N3O3. The lowest BCUT2D eigenvalue weighted by molar-refractivity contribution is -0.385. The van der Waals surface area contributed by atoms with E-state index in [1.165, 1.54) is 12.3 Å². The standard InChI is InChI=1S/C12H19N3O3/c1-10(2)18-8-4-3-7-13-12-6-5-11(9-14-12)15(16)17/h5-6,9-10H,3-4,7-8H2,1-2H3,(H,13,14). The molecule has 0 radical (unpaired) electrons. The molecule has 0 aliphatic carbocycles. The van der Waals surface area contributed by atoms with Crippen LogP contribution in [0.5, 0.6) is 0 Å². The molecule has 18 heavy (non-hydrogen) atoms. The number of aromatic nitrogens is 1. The number of hydrogen-bond acceptors (Lipinski definition) is 5. The van der Waals surface area contributed by atoms with E-state index in [2.05, 4.69) is 10.3 Å². The van der Waals surface area contributed by atoms with E-state index in [9.17, 15) is 10.1 Å². The lowest BCUT2D eigenvalue weighted by Gasteiger charge is -2.08. The van der Waals surface area contributed by atoms with E-state index in [-0.39, 0.29) is 11.8 Å². The Morgan fingerprint density at radius 3 is 2.78 bits per heavy atom. The Morgan fingerprint density at radius 2 is 2.22 bits per heavy atom. The highest BCUT2D eigenvalue weighted by atomic mass is 16.6. The monoisotopic (exact) mass is 253 g/mol. The van der Waals surface area contributed by atoms with Crippen LogP contribution in [-0.2, 0) is 4.74 Å². The van der Waals surface area contributed by atoms with Gasteiger partial charge in [0.1, 0.15) is 12.0 Å². The third kappa shape index (κ3) is 5.58. The van der Waals surface area contributed by atoms with E-state index in [1.807, 2.05) is 13.8 Å². The highest BCUT2D eigenvalue weighted by molar-refractivity contribution is 5.39. The Labute approximate surface area is 107 Å². The van der Waals surface area contributed by atoms with Gasteiger partial charge in [-0.15, -0.1) is 0 Å². The minimum absolute atomic E-state index is 0.00545. The number of nitrogens with one attached hydrogen (secondary N) is 1. The molecule has 0 spiro atoms. The predicted molar refractivity (Wildman–Crippen MR) is 69.7 cm³/mol. The molecule has 0 bridgehead atoms. The van der Waals surface area contributed by atoms with Crippen LogP contribution in [0.3, 0.4) is 0 Å². The van der Waals surface area contributed by atoms with Crippen LogP contribution in [0.25, 0.3) is 0 Å². The van der Waals surface area contributed by atoms with E-state index >= 15 is 0 Å². The number of nitro groups is 1. The predicted octanol–water partition coefficient (Wildman–Crippen LogP) is 2.61. The first kappa shape index (κ1) is 14.4. The molecule has 0 aromatic carbocycles. The fraction of sp³-hybridized carbons (Fsp3) is 0.583. The van der Waals surface area contributed by atoms with Crippen LogP contribution >= 0.6 is 0 Å². The van der Waals surface area contributed by atoms with E-state index in [0.29, 0.717) is 5.82 Å². The maximum atomic E-state index is 10.4. The molecule has 0 amide bonds. The molecule has 0 aliphatic rings. The van der Waals surface area contributed by atoms with Gasteiger partial charge in [-0.2, -0.15) is 0 Å². The quantitative estimate of drug-likeness (QED) is 0.437. The van der Waals surface area contributed by atoms with Crippen molar-refractivity contribution in [2.24, 2.45) is 0 Å². The fourth-order valence-electron chi connectivity index (χ4n) is 1.36. The molecule has 1 heterocycles. The zero-order valence-electron chi connectivity index (χ0n) is 10.8. The average molecular weight is 253 g/mol. The van der Waals surface area contributed by atoms with Crippen molar-refractivity contribution in [3.05, 3.63) is 28.4 Å².